The van der Waals surface area contributed by atoms with E-state index in [0.29, 0.717) is 0 Å². The van der Waals surface area contributed by atoms with Crippen LogP contribution in [0.2, 0.25) is 0 Å². The molecule has 16 heavy (non-hydrogen) atoms. The number of rotatable bonds is 2. The van der Waals surface area contributed by atoms with E-state index < -0.39 is 5.97 Å². The Balaban J connectivity index is 2.54. The molecule has 0 fully saturated rings. The quantitative estimate of drug-likeness (QED) is 0.809. The van der Waals surface area contributed by atoms with Gasteiger partial charge in [0.1, 0.15) is 5.69 Å². The molecule has 0 atom stereocenters. The molecule has 0 radical (unpaired) electrons. The first-order chi connectivity index (χ1) is 7.59. The fraction of sp³-hybridized carbons (Fsp3) is 0.154. The summed E-state index contributed by atoms with van der Waals surface area (Å²) in [6, 6.07) is 9.42. The van der Waals surface area contributed by atoms with Gasteiger partial charge in [-0.25, -0.2) is 4.79 Å². The summed E-state index contributed by atoms with van der Waals surface area (Å²) in [5.74, 6) is -0.933. The first-order valence-electron chi connectivity index (χ1n) is 5.08. The second-order valence-corrected chi connectivity index (χ2v) is 3.86. The number of hydrogen-bond acceptors (Lipinski definition) is 1. The lowest BCUT2D eigenvalue weighted by Gasteiger charge is -2.07. The summed E-state index contributed by atoms with van der Waals surface area (Å²) in [7, 11) is 0. The predicted octanol–water partition coefficient (Wildman–Crippen LogP) is 3.00. The molecule has 1 heterocycles. The number of aryl methyl sites for hydroxylation is 2. The summed E-state index contributed by atoms with van der Waals surface area (Å²) in [6.45, 7) is 4.03. The van der Waals surface area contributed by atoms with Crippen LogP contribution in [-0.2, 0) is 0 Å². The van der Waals surface area contributed by atoms with Gasteiger partial charge in [0.25, 0.3) is 0 Å². The van der Waals surface area contributed by atoms with Gasteiger partial charge in [-0.1, -0.05) is 18.2 Å². The predicted molar refractivity (Wildman–Crippen MR) is 62.7 cm³/mol. The highest BCUT2D eigenvalue weighted by atomic mass is 16.4. The fourth-order valence-electron chi connectivity index (χ4n) is 1.90. The first kappa shape index (κ1) is 10.5. The molecule has 0 saturated heterocycles. The molecule has 0 aliphatic heterocycles. The molecule has 0 aliphatic rings. The fourth-order valence-corrected chi connectivity index (χ4v) is 1.90. The summed E-state index contributed by atoms with van der Waals surface area (Å²) < 4.78 is 0. The van der Waals surface area contributed by atoms with Crippen molar-refractivity contribution in [3.8, 4) is 11.3 Å². The van der Waals surface area contributed by atoms with Crippen LogP contribution in [0.15, 0.2) is 30.3 Å². The molecule has 0 unspecified atom stereocenters. The summed E-state index contributed by atoms with van der Waals surface area (Å²) >= 11 is 0. The Hall–Kier alpha value is -2.03. The highest BCUT2D eigenvalue weighted by Crippen LogP contribution is 2.26. The third kappa shape index (κ3) is 1.72. The zero-order valence-corrected chi connectivity index (χ0v) is 9.24. The highest BCUT2D eigenvalue weighted by Gasteiger charge is 2.10. The molecule has 3 nitrogen and oxygen atoms in total. The average molecular weight is 215 g/mol. The van der Waals surface area contributed by atoms with Gasteiger partial charge >= 0.3 is 5.97 Å². The Morgan fingerprint density at radius 1 is 1.12 bits per heavy atom. The van der Waals surface area contributed by atoms with Crippen molar-refractivity contribution < 1.29 is 9.90 Å². The van der Waals surface area contributed by atoms with Gasteiger partial charge in [-0.05, 0) is 37.1 Å². The normalized spacial score (nSPS) is 10.4. The summed E-state index contributed by atoms with van der Waals surface area (Å²) in [5.41, 5.74) is 4.43. The van der Waals surface area contributed by atoms with Crippen LogP contribution in [-0.4, -0.2) is 16.1 Å². The number of benzene rings is 1. The van der Waals surface area contributed by atoms with Crippen LogP contribution in [0.3, 0.4) is 0 Å². The second-order valence-electron chi connectivity index (χ2n) is 3.86. The number of carbonyl (C=O) groups is 1. The third-order valence-electron chi connectivity index (χ3n) is 2.67. The Bertz CT molecular complexity index is 520. The van der Waals surface area contributed by atoms with Crippen molar-refractivity contribution in [3.63, 3.8) is 0 Å². The highest BCUT2D eigenvalue weighted by molar-refractivity contribution is 5.87. The maximum absolute atomic E-state index is 10.8. The summed E-state index contributed by atoms with van der Waals surface area (Å²) in [4.78, 5) is 13.7. The SMILES string of the molecule is Cc1cccc(C)c1-c1ccc(C(=O)O)[nH]1. The van der Waals surface area contributed by atoms with Crippen molar-refractivity contribution in [1.82, 2.24) is 4.98 Å². The molecule has 0 amide bonds. The summed E-state index contributed by atoms with van der Waals surface area (Å²) in [6.07, 6.45) is 0. The van der Waals surface area contributed by atoms with Crippen LogP contribution in [0.5, 0.6) is 0 Å². The van der Waals surface area contributed by atoms with Crippen molar-refractivity contribution in [2.24, 2.45) is 0 Å². The zero-order valence-electron chi connectivity index (χ0n) is 9.24. The minimum Gasteiger partial charge on any atom is -0.477 e. The van der Waals surface area contributed by atoms with Gasteiger partial charge in [-0.3, -0.25) is 0 Å². The van der Waals surface area contributed by atoms with E-state index in [9.17, 15) is 4.79 Å². The van der Waals surface area contributed by atoms with Crippen molar-refractivity contribution in [2.75, 3.05) is 0 Å². The topological polar surface area (TPSA) is 53.1 Å². The van der Waals surface area contributed by atoms with E-state index in [0.717, 1.165) is 22.4 Å². The van der Waals surface area contributed by atoms with E-state index >= 15 is 0 Å². The number of aromatic nitrogens is 1. The van der Waals surface area contributed by atoms with Gasteiger partial charge in [0.15, 0.2) is 0 Å². The molecule has 1 aromatic heterocycles. The monoisotopic (exact) mass is 215 g/mol. The minimum atomic E-state index is -0.933. The molecular weight excluding hydrogens is 202 g/mol. The van der Waals surface area contributed by atoms with Crippen LogP contribution in [0.4, 0.5) is 0 Å². The van der Waals surface area contributed by atoms with Gasteiger partial charge in [0, 0.05) is 11.3 Å². The van der Waals surface area contributed by atoms with Gasteiger partial charge in [0.05, 0.1) is 0 Å². The van der Waals surface area contributed by atoms with Gasteiger partial charge in [0.2, 0.25) is 0 Å². The smallest absolute Gasteiger partial charge is 0.352 e. The van der Waals surface area contributed by atoms with Crippen LogP contribution >= 0.6 is 0 Å². The Morgan fingerprint density at radius 3 is 2.25 bits per heavy atom. The third-order valence-corrected chi connectivity index (χ3v) is 2.67. The molecule has 82 valence electrons. The van der Waals surface area contributed by atoms with Crippen molar-refractivity contribution in [1.29, 1.82) is 0 Å². The first-order valence-corrected chi connectivity index (χ1v) is 5.08. The maximum Gasteiger partial charge on any atom is 0.352 e. The van der Waals surface area contributed by atoms with Crippen molar-refractivity contribution in [2.45, 2.75) is 13.8 Å². The number of nitrogens with one attached hydrogen (secondary N) is 1. The number of aromatic carboxylic acids is 1. The van der Waals surface area contributed by atoms with Crippen LogP contribution < -0.4 is 0 Å². The number of H-pyrrole nitrogens is 1. The van der Waals surface area contributed by atoms with Gasteiger partial charge < -0.3 is 10.1 Å². The number of carboxylic acids is 1. The van der Waals surface area contributed by atoms with Crippen molar-refractivity contribution >= 4 is 5.97 Å². The molecule has 2 aromatic rings. The van der Waals surface area contributed by atoms with Crippen molar-refractivity contribution in [3.05, 3.63) is 47.2 Å². The Morgan fingerprint density at radius 2 is 1.75 bits per heavy atom. The van der Waals surface area contributed by atoms with Crippen LogP contribution in [0, 0.1) is 13.8 Å². The summed E-state index contributed by atoms with van der Waals surface area (Å²) in [5, 5.41) is 8.85. The lowest BCUT2D eigenvalue weighted by molar-refractivity contribution is 0.0691. The molecule has 0 aliphatic carbocycles. The van der Waals surface area contributed by atoms with Crippen LogP contribution in [0.1, 0.15) is 21.6 Å². The van der Waals surface area contributed by atoms with E-state index in [-0.39, 0.29) is 5.69 Å². The zero-order chi connectivity index (χ0) is 11.7. The Kier molecular flexibility index (Phi) is 2.52. The molecule has 2 N–H and O–H groups in total. The second kappa shape index (κ2) is 3.85. The maximum atomic E-state index is 10.8. The lowest BCUT2D eigenvalue weighted by Crippen LogP contribution is -1.96. The molecule has 0 saturated carbocycles. The lowest BCUT2D eigenvalue weighted by atomic mass is 10.0. The van der Waals surface area contributed by atoms with Crippen LogP contribution in [0.25, 0.3) is 11.3 Å². The minimum absolute atomic E-state index is 0.220. The van der Waals surface area contributed by atoms with E-state index in [4.69, 9.17) is 5.11 Å². The molecular formula is C13H13NO2. The van der Waals surface area contributed by atoms with E-state index in [1.165, 1.54) is 0 Å². The molecule has 1 aromatic carbocycles. The molecule has 0 bridgehead atoms. The van der Waals surface area contributed by atoms with Gasteiger partial charge in [-0.2, -0.15) is 0 Å². The molecule has 3 heteroatoms. The number of aromatic amines is 1. The van der Waals surface area contributed by atoms with E-state index in [1.54, 1.807) is 12.1 Å². The standard InChI is InChI=1S/C13H13NO2/c1-8-4-3-5-9(2)12(8)10-6-7-11(14-10)13(15)16/h3-7,14H,1-2H3,(H,15,16). The number of hydrogen-bond donors (Lipinski definition) is 2. The Labute approximate surface area is 93.7 Å². The largest absolute Gasteiger partial charge is 0.477 e. The number of carboxylic acid groups (broad SMARTS) is 1. The molecule has 0 spiro atoms. The molecule has 2 rings (SSSR count). The average Bonchev–Trinajstić information content (AvgIpc) is 2.66. The van der Waals surface area contributed by atoms with E-state index in [2.05, 4.69) is 4.98 Å². The van der Waals surface area contributed by atoms with Gasteiger partial charge in [-0.15, -0.1) is 0 Å². The van der Waals surface area contributed by atoms with E-state index in [1.807, 2.05) is 32.0 Å².